The van der Waals surface area contributed by atoms with Crippen molar-refractivity contribution in [2.45, 2.75) is 13.0 Å². The number of ether oxygens (including phenoxy) is 1. The zero-order valence-corrected chi connectivity index (χ0v) is 9.35. The molecule has 6 nitrogen and oxygen atoms in total. The number of nitrogens with zero attached hydrogens (tertiary/aromatic N) is 2. The van der Waals surface area contributed by atoms with Crippen molar-refractivity contribution in [1.82, 2.24) is 10.3 Å². The summed E-state index contributed by atoms with van der Waals surface area (Å²) in [4.78, 5) is 15.3. The lowest BCUT2D eigenvalue weighted by Crippen LogP contribution is -2.29. The lowest BCUT2D eigenvalue weighted by molar-refractivity contribution is -0.123. The van der Waals surface area contributed by atoms with Gasteiger partial charge in [-0.2, -0.15) is 5.26 Å². The van der Waals surface area contributed by atoms with Crippen LogP contribution in [0.15, 0.2) is 18.3 Å². The van der Waals surface area contributed by atoms with Crippen LogP contribution in [0, 0.1) is 11.3 Å². The number of aromatic nitrogens is 1. The Kier molecular flexibility index (Phi) is 5.47. The molecule has 0 saturated carbocycles. The Hall–Kier alpha value is -2.13. The van der Waals surface area contributed by atoms with E-state index in [4.69, 9.17) is 15.7 Å². The van der Waals surface area contributed by atoms with E-state index < -0.39 is 0 Å². The van der Waals surface area contributed by atoms with Gasteiger partial charge in [0, 0.05) is 13.1 Å². The maximum absolute atomic E-state index is 11.2. The minimum absolute atomic E-state index is 0.0882. The first-order valence-electron chi connectivity index (χ1n) is 5.17. The Morgan fingerprint density at radius 1 is 1.59 bits per heavy atom. The molecule has 0 spiro atoms. The van der Waals surface area contributed by atoms with Gasteiger partial charge in [-0.05, 0) is 12.1 Å². The third-order valence-electron chi connectivity index (χ3n) is 1.94. The normalized spacial score (nSPS) is 9.41. The van der Waals surface area contributed by atoms with E-state index in [1.54, 1.807) is 12.1 Å². The van der Waals surface area contributed by atoms with Crippen LogP contribution < -0.4 is 15.8 Å². The number of rotatable bonds is 6. The smallest absolute Gasteiger partial charge is 0.257 e. The predicted octanol–water partition coefficient (Wildman–Crippen LogP) is -0.0510. The standard InChI is InChI=1S/C11H14N4O2/c12-4-1-5-14-11(16)8-17-10-3-2-9(6-13)15-7-10/h2-3,7H,1,5-6,8,13H2,(H,14,16). The van der Waals surface area contributed by atoms with Gasteiger partial charge in [-0.3, -0.25) is 9.78 Å². The first-order chi connectivity index (χ1) is 8.26. The SMILES string of the molecule is N#CCCNC(=O)COc1ccc(CN)nc1. The first kappa shape index (κ1) is 12.9. The fourth-order valence-corrected chi connectivity index (χ4v) is 1.07. The highest BCUT2D eigenvalue weighted by molar-refractivity contribution is 5.77. The van der Waals surface area contributed by atoms with Crippen molar-refractivity contribution in [2.75, 3.05) is 13.2 Å². The highest BCUT2D eigenvalue weighted by atomic mass is 16.5. The van der Waals surface area contributed by atoms with Gasteiger partial charge in [0.15, 0.2) is 6.61 Å². The average molecular weight is 234 g/mol. The van der Waals surface area contributed by atoms with Gasteiger partial charge in [0.25, 0.3) is 5.91 Å². The summed E-state index contributed by atoms with van der Waals surface area (Å²) in [5.41, 5.74) is 6.16. The summed E-state index contributed by atoms with van der Waals surface area (Å²) in [6.45, 7) is 0.618. The Morgan fingerprint density at radius 2 is 2.41 bits per heavy atom. The monoisotopic (exact) mass is 234 g/mol. The van der Waals surface area contributed by atoms with Gasteiger partial charge < -0.3 is 15.8 Å². The van der Waals surface area contributed by atoms with Crippen LogP contribution in [0.25, 0.3) is 0 Å². The van der Waals surface area contributed by atoms with Gasteiger partial charge >= 0.3 is 0 Å². The summed E-state index contributed by atoms with van der Waals surface area (Å²) in [5.74, 6) is 0.251. The fourth-order valence-electron chi connectivity index (χ4n) is 1.07. The van der Waals surface area contributed by atoms with Crippen molar-refractivity contribution in [3.8, 4) is 11.8 Å². The predicted molar refractivity (Wildman–Crippen MR) is 60.9 cm³/mol. The second-order valence-corrected chi connectivity index (χ2v) is 3.24. The number of nitrogens with one attached hydrogen (secondary N) is 1. The number of hydrogen-bond acceptors (Lipinski definition) is 5. The molecule has 1 aromatic rings. The van der Waals surface area contributed by atoms with E-state index in [9.17, 15) is 4.79 Å². The zero-order chi connectivity index (χ0) is 12.5. The van der Waals surface area contributed by atoms with Gasteiger partial charge in [-0.15, -0.1) is 0 Å². The van der Waals surface area contributed by atoms with Crippen LogP contribution >= 0.6 is 0 Å². The molecule has 0 bridgehead atoms. The van der Waals surface area contributed by atoms with Crippen molar-refractivity contribution in [3.63, 3.8) is 0 Å². The number of carbonyl (C=O) groups excluding carboxylic acids is 1. The summed E-state index contributed by atoms with van der Waals surface area (Å²) >= 11 is 0. The third kappa shape index (κ3) is 4.95. The molecule has 6 heteroatoms. The van der Waals surface area contributed by atoms with Crippen molar-refractivity contribution in [2.24, 2.45) is 5.73 Å². The van der Waals surface area contributed by atoms with Crippen molar-refractivity contribution >= 4 is 5.91 Å². The van der Waals surface area contributed by atoms with Crippen LogP contribution in [0.1, 0.15) is 12.1 Å². The summed E-state index contributed by atoms with van der Waals surface area (Å²) < 4.78 is 5.20. The number of nitriles is 1. The van der Waals surface area contributed by atoms with Crippen LogP contribution in [-0.2, 0) is 11.3 Å². The molecule has 0 fully saturated rings. The molecule has 0 aliphatic rings. The maximum atomic E-state index is 11.2. The molecule has 0 unspecified atom stereocenters. The molecular weight excluding hydrogens is 220 g/mol. The summed E-state index contributed by atoms with van der Waals surface area (Å²) in [6, 6.07) is 5.38. The Bertz CT molecular complexity index is 397. The first-order valence-corrected chi connectivity index (χ1v) is 5.17. The molecule has 0 radical (unpaired) electrons. The van der Waals surface area contributed by atoms with E-state index in [0.29, 0.717) is 25.3 Å². The largest absolute Gasteiger partial charge is 0.482 e. The third-order valence-corrected chi connectivity index (χ3v) is 1.94. The number of amides is 1. The molecule has 17 heavy (non-hydrogen) atoms. The molecule has 90 valence electrons. The molecule has 0 aliphatic carbocycles. The second kappa shape index (κ2) is 7.19. The van der Waals surface area contributed by atoms with E-state index in [1.165, 1.54) is 6.20 Å². The van der Waals surface area contributed by atoms with Crippen LogP contribution in [-0.4, -0.2) is 24.0 Å². The molecule has 0 aromatic carbocycles. The van der Waals surface area contributed by atoms with Crippen molar-refractivity contribution in [3.05, 3.63) is 24.0 Å². The van der Waals surface area contributed by atoms with Gasteiger partial charge in [0.1, 0.15) is 5.75 Å². The van der Waals surface area contributed by atoms with E-state index in [1.807, 2.05) is 6.07 Å². The minimum atomic E-state index is -0.261. The van der Waals surface area contributed by atoms with E-state index >= 15 is 0 Å². The molecule has 1 amide bonds. The molecule has 0 aliphatic heterocycles. The Labute approximate surface area is 99.4 Å². The molecule has 1 heterocycles. The molecule has 1 rings (SSSR count). The summed E-state index contributed by atoms with van der Waals surface area (Å²) in [6.07, 6.45) is 1.81. The molecule has 1 aromatic heterocycles. The van der Waals surface area contributed by atoms with E-state index in [0.717, 1.165) is 5.69 Å². The Morgan fingerprint density at radius 3 is 3.00 bits per heavy atom. The van der Waals surface area contributed by atoms with Gasteiger partial charge in [-0.1, -0.05) is 0 Å². The topological polar surface area (TPSA) is 101 Å². The van der Waals surface area contributed by atoms with Gasteiger partial charge in [-0.25, -0.2) is 0 Å². The van der Waals surface area contributed by atoms with Crippen LogP contribution in [0.3, 0.4) is 0 Å². The number of pyridine rings is 1. The van der Waals surface area contributed by atoms with Gasteiger partial charge in [0.05, 0.1) is 24.4 Å². The van der Waals surface area contributed by atoms with Crippen LogP contribution in [0.5, 0.6) is 5.75 Å². The Balaban J connectivity index is 2.29. The molecular formula is C11H14N4O2. The number of carbonyl (C=O) groups is 1. The van der Waals surface area contributed by atoms with E-state index in [-0.39, 0.29) is 12.5 Å². The van der Waals surface area contributed by atoms with Crippen LogP contribution in [0.2, 0.25) is 0 Å². The van der Waals surface area contributed by atoms with E-state index in [2.05, 4.69) is 10.3 Å². The number of hydrogen-bond donors (Lipinski definition) is 2. The molecule has 0 atom stereocenters. The molecule has 3 N–H and O–H groups in total. The highest BCUT2D eigenvalue weighted by Crippen LogP contribution is 2.08. The van der Waals surface area contributed by atoms with Gasteiger partial charge in [0.2, 0.25) is 0 Å². The fraction of sp³-hybridized carbons (Fsp3) is 0.364. The highest BCUT2D eigenvalue weighted by Gasteiger charge is 2.02. The lowest BCUT2D eigenvalue weighted by atomic mass is 10.3. The average Bonchev–Trinajstić information content (AvgIpc) is 2.37. The zero-order valence-electron chi connectivity index (χ0n) is 9.35. The maximum Gasteiger partial charge on any atom is 0.257 e. The second-order valence-electron chi connectivity index (χ2n) is 3.24. The summed E-state index contributed by atoms with van der Waals surface area (Å²) in [5, 5.41) is 10.8. The summed E-state index contributed by atoms with van der Waals surface area (Å²) in [7, 11) is 0. The number of nitrogens with two attached hydrogens (primary N) is 1. The lowest BCUT2D eigenvalue weighted by Gasteiger charge is -2.06. The molecule has 0 saturated heterocycles. The minimum Gasteiger partial charge on any atom is -0.482 e. The van der Waals surface area contributed by atoms with Crippen molar-refractivity contribution < 1.29 is 9.53 Å². The van der Waals surface area contributed by atoms with Crippen molar-refractivity contribution in [1.29, 1.82) is 5.26 Å². The van der Waals surface area contributed by atoms with Crippen LogP contribution in [0.4, 0.5) is 0 Å². The quantitative estimate of drug-likeness (QED) is 0.672.